The fourth-order valence-corrected chi connectivity index (χ4v) is 3.58. The second kappa shape index (κ2) is 5.05. The lowest BCUT2D eigenvalue weighted by Gasteiger charge is -2.38. The summed E-state index contributed by atoms with van der Waals surface area (Å²) in [5, 5.41) is 15.0. The van der Waals surface area contributed by atoms with Crippen LogP contribution in [-0.2, 0) is 6.54 Å². The normalized spacial score (nSPS) is 16.5. The van der Waals surface area contributed by atoms with Crippen LogP contribution in [0.25, 0.3) is 22.3 Å². The van der Waals surface area contributed by atoms with Crippen molar-refractivity contribution in [1.82, 2.24) is 14.3 Å². The average molecular weight is 337 g/mol. The van der Waals surface area contributed by atoms with E-state index in [-0.39, 0.29) is 17.0 Å². The Bertz CT molecular complexity index is 1070. The SMILES string of the molecule is CC(C)(C)[C@@H]1Cn2nc3ccccc3c2-c2cc(=O)c(C(=O)O)cn21. The van der Waals surface area contributed by atoms with Crippen molar-refractivity contribution >= 4 is 16.9 Å². The lowest BCUT2D eigenvalue weighted by atomic mass is 9.85. The van der Waals surface area contributed by atoms with Gasteiger partial charge in [0.15, 0.2) is 5.43 Å². The topological polar surface area (TPSA) is 77.1 Å². The van der Waals surface area contributed by atoms with Gasteiger partial charge in [-0.1, -0.05) is 39.0 Å². The van der Waals surface area contributed by atoms with E-state index in [0.29, 0.717) is 6.54 Å². The second-order valence-corrected chi connectivity index (χ2v) is 7.58. The van der Waals surface area contributed by atoms with Crippen LogP contribution in [0.5, 0.6) is 0 Å². The third-order valence-corrected chi connectivity index (χ3v) is 4.88. The van der Waals surface area contributed by atoms with E-state index in [4.69, 9.17) is 0 Å². The molecule has 25 heavy (non-hydrogen) atoms. The van der Waals surface area contributed by atoms with Crippen LogP contribution in [0.1, 0.15) is 37.2 Å². The van der Waals surface area contributed by atoms with Gasteiger partial charge in [-0.3, -0.25) is 9.48 Å². The summed E-state index contributed by atoms with van der Waals surface area (Å²) in [4.78, 5) is 23.8. The standard InChI is InChI=1S/C19H19N3O3/c1-19(2,3)16-10-22-17(11-6-4-5-7-13(11)20-22)14-8-15(23)12(18(24)25)9-21(14)16/h4-9,16H,10H2,1-3H3,(H,24,25)/t16-/m0/s1. The number of aromatic nitrogens is 3. The van der Waals surface area contributed by atoms with Crippen molar-refractivity contribution in [3.8, 4) is 11.4 Å². The number of aromatic carboxylic acids is 1. The van der Waals surface area contributed by atoms with Gasteiger partial charge in [0, 0.05) is 17.6 Å². The lowest BCUT2D eigenvalue weighted by Crippen LogP contribution is -2.35. The van der Waals surface area contributed by atoms with E-state index < -0.39 is 11.4 Å². The van der Waals surface area contributed by atoms with Crippen LogP contribution < -0.4 is 5.43 Å². The van der Waals surface area contributed by atoms with E-state index in [1.807, 2.05) is 33.5 Å². The number of rotatable bonds is 1. The molecule has 6 heteroatoms. The van der Waals surface area contributed by atoms with Gasteiger partial charge < -0.3 is 9.67 Å². The zero-order chi connectivity index (χ0) is 17.9. The van der Waals surface area contributed by atoms with E-state index in [2.05, 4.69) is 25.9 Å². The largest absolute Gasteiger partial charge is 0.477 e. The molecule has 3 heterocycles. The predicted octanol–water partition coefficient (Wildman–Crippen LogP) is 3.16. The van der Waals surface area contributed by atoms with Crippen LogP contribution in [0.4, 0.5) is 0 Å². The van der Waals surface area contributed by atoms with E-state index in [1.54, 1.807) is 0 Å². The van der Waals surface area contributed by atoms with Crippen molar-refractivity contribution in [3.05, 3.63) is 52.3 Å². The smallest absolute Gasteiger partial charge is 0.341 e. The highest BCUT2D eigenvalue weighted by Crippen LogP contribution is 2.41. The molecule has 128 valence electrons. The molecule has 0 amide bonds. The molecule has 0 radical (unpaired) electrons. The number of benzene rings is 1. The van der Waals surface area contributed by atoms with Gasteiger partial charge in [-0.05, 0) is 11.5 Å². The van der Waals surface area contributed by atoms with Gasteiger partial charge in [-0.15, -0.1) is 0 Å². The number of carbonyl (C=O) groups is 1. The molecule has 6 nitrogen and oxygen atoms in total. The summed E-state index contributed by atoms with van der Waals surface area (Å²) in [6.07, 6.45) is 1.49. The van der Waals surface area contributed by atoms with Crippen LogP contribution in [0.15, 0.2) is 41.3 Å². The first-order valence-electron chi connectivity index (χ1n) is 8.23. The van der Waals surface area contributed by atoms with Crippen molar-refractivity contribution in [1.29, 1.82) is 0 Å². The molecule has 0 spiro atoms. The second-order valence-electron chi connectivity index (χ2n) is 7.58. The Labute approximate surface area is 144 Å². The summed E-state index contributed by atoms with van der Waals surface area (Å²) in [5.41, 5.74) is 1.64. The van der Waals surface area contributed by atoms with Crippen molar-refractivity contribution in [2.45, 2.75) is 33.4 Å². The zero-order valence-corrected chi connectivity index (χ0v) is 14.4. The maximum Gasteiger partial charge on any atom is 0.341 e. The van der Waals surface area contributed by atoms with Crippen LogP contribution in [0.3, 0.4) is 0 Å². The minimum atomic E-state index is -1.20. The molecule has 1 aliphatic heterocycles. The van der Waals surface area contributed by atoms with Gasteiger partial charge in [-0.2, -0.15) is 5.10 Å². The van der Waals surface area contributed by atoms with Gasteiger partial charge in [0.1, 0.15) is 5.56 Å². The third kappa shape index (κ3) is 2.28. The fourth-order valence-electron chi connectivity index (χ4n) is 3.58. The van der Waals surface area contributed by atoms with Crippen molar-refractivity contribution in [2.75, 3.05) is 0 Å². The first-order chi connectivity index (χ1) is 11.8. The number of pyridine rings is 1. The van der Waals surface area contributed by atoms with Gasteiger partial charge in [-0.25, -0.2) is 4.79 Å². The average Bonchev–Trinajstić information content (AvgIpc) is 2.91. The number of hydrogen-bond acceptors (Lipinski definition) is 3. The Morgan fingerprint density at radius 2 is 2.00 bits per heavy atom. The molecule has 0 fully saturated rings. The zero-order valence-electron chi connectivity index (χ0n) is 14.4. The maximum absolute atomic E-state index is 12.3. The minimum absolute atomic E-state index is 0.0111. The highest BCUT2D eigenvalue weighted by Gasteiger charge is 2.35. The minimum Gasteiger partial charge on any atom is -0.477 e. The van der Waals surface area contributed by atoms with E-state index in [9.17, 15) is 14.7 Å². The van der Waals surface area contributed by atoms with E-state index >= 15 is 0 Å². The molecule has 0 aliphatic carbocycles. The van der Waals surface area contributed by atoms with Crippen LogP contribution >= 0.6 is 0 Å². The van der Waals surface area contributed by atoms with Gasteiger partial charge in [0.2, 0.25) is 0 Å². The maximum atomic E-state index is 12.3. The summed E-state index contributed by atoms with van der Waals surface area (Å²) in [6, 6.07) is 9.22. The Morgan fingerprint density at radius 1 is 1.28 bits per heavy atom. The molecule has 1 N–H and O–H groups in total. The monoisotopic (exact) mass is 337 g/mol. The van der Waals surface area contributed by atoms with Gasteiger partial charge in [0.25, 0.3) is 0 Å². The summed E-state index contributed by atoms with van der Waals surface area (Å²) in [7, 11) is 0. The summed E-state index contributed by atoms with van der Waals surface area (Å²) < 4.78 is 3.88. The Hall–Kier alpha value is -2.89. The van der Waals surface area contributed by atoms with Crippen molar-refractivity contribution in [2.24, 2.45) is 5.41 Å². The molecular formula is C19H19N3O3. The lowest BCUT2D eigenvalue weighted by molar-refractivity contribution is 0.0693. The Morgan fingerprint density at radius 3 is 2.68 bits per heavy atom. The number of nitrogens with zero attached hydrogens (tertiary/aromatic N) is 3. The Balaban J connectivity index is 2.09. The van der Waals surface area contributed by atoms with Crippen LogP contribution in [0, 0.1) is 5.41 Å². The quantitative estimate of drug-likeness (QED) is 0.740. The molecule has 2 aromatic heterocycles. The number of hydrogen-bond donors (Lipinski definition) is 1. The summed E-state index contributed by atoms with van der Waals surface area (Å²) >= 11 is 0. The molecule has 1 atom stereocenters. The molecule has 3 aromatic rings. The highest BCUT2D eigenvalue weighted by atomic mass is 16.4. The third-order valence-electron chi connectivity index (χ3n) is 4.88. The molecule has 1 aromatic carbocycles. The first kappa shape index (κ1) is 15.6. The highest BCUT2D eigenvalue weighted by molar-refractivity contribution is 5.93. The van der Waals surface area contributed by atoms with Crippen LogP contribution in [-0.4, -0.2) is 25.4 Å². The van der Waals surface area contributed by atoms with E-state index in [0.717, 1.165) is 22.3 Å². The predicted molar refractivity (Wildman–Crippen MR) is 94.9 cm³/mol. The molecule has 0 bridgehead atoms. The molecular weight excluding hydrogens is 318 g/mol. The van der Waals surface area contributed by atoms with Crippen molar-refractivity contribution < 1.29 is 9.90 Å². The van der Waals surface area contributed by atoms with Crippen molar-refractivity contribution in [3.63, 3.8) is 0 Å². The molecule has 4 rings (SSSR count). The van der Waals surface area contributed by atoms with Gasteiger partial charge in [0.05, 0.1) is 29.5 Å². The Kier molecular flexibility index (Phi) is 3.16. The summed E-state index contributed by atoms with van der Waals surface area (Å²) in [6.45, 7) is 6.94. The molecule has 0 saturated carbocycles. The van der Waals surface area contributed by atoms with Crippen LogP contribution in [0.2, 0.25) is 0 Å². The van der Waals surface area contributed by atoms with E-state index in [1.165, 1.54) is 12.3 Å². The molecule has 0 saturated heterocycles. The molecule has 1 aliphatic rings. The molecule has 0 unspecified atom stereocenters. The first-order valence-corrected chi connectivity index (χ1v) is 8.23. The number of carboxylic acids is 1. The van der Waals surface area contributed by atoms with Gasteiger partial charge >= 0.3 is 5.97 Å². The number of carboxylic acid groups (broad SMARTS) is 1. The summed E-state index contributed by atoms with van der Waals surface area (Å²) in [5.74, 6) is -1.20. The fraction of sp³-hybridized carbons (Fsp3) is 0.316. The number of fused-ring (bicyclic) bond motifs is 5.